The zero-order chi connectivity index (χ0) is 9.14. The molecule has 1 aliphatic rings. The summed E-state index contributed by atoms with van der Waals surface area (Å²) < 4.78 is 0. The van der Waals surface area contributed by atoms with Crippen LogP contribution < -0.4 is 0 Å². The molecular weight excluding hydrogens is 144 g/mol. The second-order valence-electron chi connectivity index (χ2n) is 4.60. The lowest BCUT2D eigenvalue weighted by Gasteiger charge is -2.49. The van der Waals surface area contributed by atoms with E-state index in [-0.39, 0.29) is 0 Å². The Morgan fingerprint density at radius 3 is 2.00 bits per heavy atom. The highest BCUT2D eigenvalue weighted by molar-refractivity contribution is 4.91. The first-order valence-corrected chi connectivity index (χ1v) is 5.72. The van der Waals surface area contributed by atoms with Gasteiger partial charge in [-0.15, -0.1) is 0 Å². The molecule has 0 bridgehead atoms. The molecule has 0 aromatic carbocycles. The molecule has 0 aliphatic heterocycles. The Hall–Kier alpha value is 0. The van der Waals surface area contributed by atoms with Gasteiger partial charge in [0, 0.05) is 0 Å². The van der Waals surface area contributed by atoms with Crippen molar-refractivity contribution >= 4 is 0 Å². The fourth-order valence-electron chi connectivity index (χ4n) is 3.01. The maximum absolute atomic E-state index is 2.44. The van der Waals surface area contributed by atoms with Crippen LogP contribution in [0.2, 0.25) is 0 Å². The molecule has 1 rings (SSSR count). The minimum atomic E-state index is 0.997. The molecule has 1 aliphatic carbocycles. The first-order chi connectivity index (χ1) is 5.72. The summed E-state index contributed by atoms with van der Waals surface area (Å²) in [7, 11) is 0. The van der Waals surface area contributed by atoms with Gasteiger partial charge in [-0.1, -0.05) is 47.0 Å². The van der Waals surface area contributed by atoms with Gasteiger partial charge in [-0.3, -0.25) is 0 Å². The maximum Gasteiger partial charge on any atom is -0.0355 e. The average Bonchev–Trinajstić information content (AvgIpc) is 2.10. The summed E-state index contributed by atoms with van der Waals surface area (Å²) in [6, 6.07) is 0. The lowest BCUT2D eigenvalue weighted by atomic mass is 9.56. The van der Waals surface area contributed by atoms with Crippen molar-refractivity contribution in [3.63, 3.8) is 0 Å². The molecule has 12 heavy (non-hydrogen) atoms. The average molecular weight is 168 g/mol. The molecule has 0 radical (unpaired) electrons. The van der Waals surface area contributed by atoms with Crippen molar-refractivity contribution < 1.29 is 0 Å². The number of hydrogen-bond acceptors (Lipinski definition) is 0. The number of unbranched alkanes of at least 4 members (excludes halogenated alkanes) is 1. The molecule has 0 aromatic rings. The Morgan fingerprint density at radius 1 is 0.917 bits per heavy atom. The Morgan fingerprint density at radius 2 is 1.50 bits per heavy atom. The van der Waals surface area contributed by atoms with Crippen molar-refractivity contribution in [1.29, 1.82) is 0 Å². The molecule has 0 heteroatoms. The van der Waals surface area contributed by atoms with Gasteiger partial charge in [-0.2, -0.15) is 0 Å². The first-order valence-electron chi connectivity index (χ1n) is 5.72. The third-order valence-electron chi connectivity index (χ3n) is 4.09. The van der Waals surface area contributed by atoms with Gasteiger partial charge in [-0.05, 0) is 30.1 Å². The highest BCUT2D eigenvalue weighted by Crippen LogP contribution is 2.49. The lowest BCUT2D eigenvalue weighted by Crippen LogP contribution is -2.43. The Bertz CT molecular complexity index is 128. The normalized spacial score (nSPS) is 41.0. The van der Waals surface area contributed by atoms with Crippen LogP contribution in [0.15, 0.2) is 0 Å². The van der Waals surface area contributed by atoms with Crippen molar-refractivity contribution in [2.24, 2.45) is 23.7 Å². The van der Waals surface area contributed by atoms with Crippen LogP contribution in [0.1, 0.15) is 53.4 Å². The van der Waals surface area contributed by atoms with E-state index in [1.807, 2.05) is 0 Å². The molecule has 4 unspecified atom stereocenters. The first kappa shape index (κ1) is 10.1. The second kappa shape index (κ2) is 4.30. The molecule has 1 saturated carbocycles. The predicted octanol–water partition coefficient (Wildman–Crippen LogP) is 4.10. The molecule has 0 nitrogen and oxygen atoms in total. The van der Waals surface area contributed by atoms with Gasteiger partial charge in [0.05, 0.1) is 0 Å². The number of hydrogen-bond donors (Lipinski definition) is 0. The van der Waals surface area contributed by atoms with Crippen LogP contribution in [0.25, 0.3) is 0 Å². The van der Waals surface area contributed by atoms with Gasteiger partial charge in [0.2, 0.25) is 0 Å². The SMILES string of the molecule is CCCCC1C(C)C(C)C1CC. The Kier molecular flexibility index (Phi) is 3.61. The summed E-state index contributed by atoms with van der Waals surface area (Å²) in [5.41, 5.74) is 0. The standard InChI is InChI=1S/C12H24/c1-5-7-8-12-10(4)9(3)11(12)6-2/h9-12H,5-8H2,1-4H3. The molecule has 0 amide bonds. The fourth-order valence-corrected chi connectivity index (χ4v) is 3.01. The maximum atomic E-state index is 2.44. The predicted molar refractivity (Wildman–Crippen MR) is 55.1 cm³/mol. The van der Waals surface area contributed by atoms with Crippen molar-refractivity contribution in [2.75, 3.05) is 0 Å². The van der Waals surface area contributed by atoms with Crippen molar-refractivity contribution in [3.8, 4) is 0 Å². The molecule has 0 saturated heterocycles. The quantitative estimate of drug-likeness (QED) is 0.592. The van der Waals surface area contributed by atoms with Crippen LogP contribution in [-0.4, -0.2) is 0 Å². The third-order valence-corrected chi connectivity index (χ3v) is 4.09. The van der Waals surface area contributed by atoms with E-state index < -0.39 is 0 Å². The van der Waals surface area contributed by atoms with E-state index in [1.54, 1.807) is 0 Å². The topological polar surface area (TPSA) is 0 Å². The molecule has 0 heterocycles. The molecule has 4 atom stereocenters. The summed E-state index contributed by atoms with van der Waals surface area (Å²) in [5.74, 6) is 4.11. The molecule has 0 N–H and O–H groups in total. The van der Waals surface area contributed by atoms with Crippen molar-refractivity contribution in [2.45, 2.75) is 53.4 Å². The van der Waals surface area contributed by atoms with Gasteiger partial charge in [-0.25, -0.2) is 0 Å². The van der Waals surface area contributed by atoms with Crippen LogP contribution in [0.4, 0.5) is 0 Å². The van der Waals surface area contributed by atoms with Crippen LogP contribution in [0.5, 0.6) is 0 Å². The molecule has 0 aromatic heterocycles. The van der Waals surface area contributed by atoms with E-state index in [9.17, 15) is 0 Å². The van der Waals surface area contributed by atoms with Crippen LogP contribution >= 0.6 is 0 Å². The van der Waals surface area contributed by atoms with Crippen LogP contribution in [0, 0.1) is 23.7 Å². The molecule has 0 spiro atoms. The smallest absolute Gasteiger partial charge is 0.0355 e. The third kappa shape index (κ3) is 1.67. The van der Waals surface area contributed by atoms with Gasteiger partial charge >= 0.3 is 0 Å². The second-order valence-corrected chi connectivity index (χ2v) is 4.60. The molecule has 72 valence electrons. The summed E-state index contributed by atoms with van der Waals surface area (Å²) >= 11 is 0. The zero-order valence-corrected chi connectivity index (χ0v) is 9.14. The molecular formula is C12H24. The number of rotatable bonds is 4. The van der Waals surface area contributed by atoms with E-state index in [2.05, 4.69) is 27.7 Å². The van der Waals surface area contributed by atoms with Crippen molar-refractivity contribution in [1.82, 2.24) is 0 Å². The van der Waals surface area contributed by atoms with Crippen LogP contribution in [0.3, 0.4) is 0 Å². The fraction of sp³-hybridized carbons (Fsp3) is 1.00. The van der Waals surface area contributed by atoms with E-state index in [1.165, 1.54) is 25.7 Å². The van der Waals surface area contributed by atoms with E-state index in [0.717, 1.165) is 23.7 Å². The Labute approximate surface area is 77.7 Å². The van der Waals surface area contributed by atoms with Gasteiger partial charge in [0.1, 0.15) is 0 Å². The van der Waals surface area contributed by atoms with Crippen LogP contribution in [-0.2, 0) is 0 Å². The van der Waals surface area contributed by atoms with E-state index in [4.69, 9.17) is 0 Å². The summed E-state index contributed by atoms with van der Waals surface area (Å²) in [6.45, 7) is 9.53. The summed E-state index contributed by atoms with van der Waals surface area (Å²) in [6.07, 6.45) is 5.70. The molecule has 1 fully saturated rings. The largest absolute Gasteiger partial charge is 0.0654 e. The minimum absolute atomic E-state index is 0.997. The summed E-state index contributed by atoms with van der Waals surface area (Å²) in [4.78, 5) is 0. The van der Waals surface area contributed by atoms with Gasteiger partial charge in [0.25, 0.3) is 0 Å². The Balaban J connectivity index is 2.32. The zero-order valence-electron chi connectivity index (χ0n) is 9.14. The van der Waals surface area contributed by atoms with E-state index >= 15 is 0 Å². The highest BCUT2D eigenvalue weighted by Gasteiger charge is 2.42. The highest BCUT2D eigenvalue weighted by atomic mass is 14.5. The lowest BCUT2D eigenvalue weighted by molar-refractivity contribution is -0.00748. The minimum Gasteiger partial charge on any atom is -0.0654 e. The van der Waals surface area contributed by atoms with Crippen molar-refractivity contribution in [3.05, 3.63) is 0 Å². The van der Waals surface area contributed by atoms with Gasteiger partial charge < -0.3 is 0 Å². The summed E-state index contributed by atoms with van der Waals surface area (Å²) in [5, 5.41) is 0. The monoisotopic (exact) mass is 168 g/mol. The van der Waals surface area contributed by atoms with E-state index in [0.29, 0.717) is 0 Å². The van der Waals surface area contributed by atoms with Gasteiger partial charge in [0.15, 0.2) is 0 Å².